The summed E-state index contributed by atoms with van der Waals surface area (Å²) in [6.07, 6.45) is 0. The molecule has 0 atom stereocenters. The zero-order valence-corrected chi connectivity index (χ0v) is 8.89. The van der Waals surface area contributed by atoms with Gasteiger partial charge in [0.25, 0.3) is 5.69 Å². The third kappa shape index (κ3) is 2.01. The molecule has 0 aliphatic heterocycles. The molecule has 0 unspecified atom stereocenters. The standard InChI is InChI=1S/C11H7ClN2O2/c12-11-7-3-5-9(13-11)8-4-1-2-6-10(8)14(15)16/h1-7H. The van der Waals surface area contributed by atoms with Gasteiger partial charge in [-0.3, -0.25) is 10.1 Å². The lowest BCUT2D eigenvalue weighted by atomic mass is 10.1. The van der Waals surface area contributed by atoms with Gasteiger partial charge in [-0.05, 0) is 18.2 Å². The van der Waals surface area contributed by atoms with E-state index in [4.69, 9.17) is 11.6 Å². The van der Waals surface area contributed by atoms with Crippen molar-refractivity contribution in [1.82, 2.24) is 4.98 Å². The van der Waals surface area contributed by atoms with Crippen molar-refractivity contribution in [2.24, 2.45) is 0 Å². The number of hydrogen-bond acceptors (Lipinski definition) is 3. The molecular formula is C11H7ClN2O2. The molecule has 0 fully saturated rings. The van der Waals surface area contributed by atoms with Crippen LogP contribution in [-0.2, 0) is 0 Å². The highest BCUT2D eigenvalue weighted by Crippen LogP contribution is 2.28. The number of benzene rings is 1. The fourth-order valence-electron chi connectivity index (χ4n) is 1.41. The number of nitro benzene ring substituents is 1. The van der Waals surface area contributed by atoms with Crippen LogP contribution in [0.2, 0.25) is 5.15 Å². The Balaban J connectivity index is 2.60. The minimum Gasteiger partial charge on any atom is -0.258 e. The maximum absolute atomic E-state index is 10.8. The van der Waals surface area contributed by atoms with Crippen molar-refractivity contribution in [3.63, 3.8) is 0 Å². The molecular weight excluding hydrogens is 228 g/mol. The Labute approximate surface area is 96.7 Å². The van der Waals surface area contributed by atoms with Crippen LogP contribution in [0.1, 0.15) is 0 Å². The van der Waals surface area contributed by atoms with Crippen LogP contribution in [0, 0.1) is 10.1 Å². The second-order valence-electron chi connectivity index (χ2n) is 3.12. The van der Waals surface area contributed by atoms with Crippen LogP contribution >= 0.6 is 11.6 Å². The first-order valence-electron chi connectivity index (χ1n) is 4.55. The van der Waals surface area contributed by atoms with Crippen LogP contribution in [0.3, 0.4) is 0 Å². The van der Waals surface area contributed by atoms with Gasteiger partial charge in [0, 0.05) is 6.07 Å². The Morgan fingerprint density at radius 1 is 1.12 bits per heavy atom. The quantitative estimate of drug-likeness (QED) is 0.455. The van der Waals surface area contributed by atoms with Crippen molar-refractivity contribution in [2.45, 2.75) is 0 Å². The van der Waals surface area contributed by atoms with E-state index in [-0.39, 0.29) is 5.69 Å². The van der Waals surface area contributed by atoms with Gasteiger partial charge in [-0.15, -0.1) is 0 Å². The van der Waals surface area contributed by atoms with Crippen LogP contribution in [0.25, 0.3) is 11.3 Å². The van der Waals surface area contributed by atoms with Crippen LogP contribution in [0.5, 0.6) is 0 Å². The summed E-state index contributed by atoms with van der Waals surface area (Å²) in [5, 5.41) is 11.1. The topological polar surface area (TPSA) is 56.0 Å². The van der Waals surface area contributed by atoms with Crippen molar-refractivity contribution in [3.8, 4) is 11.3 Å². The molecule has 0 saturated carbocycles. The maximum Gasteiger partial charge on any atom is 0.278 e. The summed E-state index contributed by atoms with van der Waals surface area (Å²) in [6, 6.07) is 11.5. The lowest BCUT2D eigenvalue weighted by Gasteiger charge is -2.01. The summed E-state index contributed by atoms with van der Waals surface area (Å²) >= 11 is 5.75. The smallest absolute Gasteiger partial charge is 0.258 e. The highest BCUT2D eigenvalue weighted by molar-refractivity contribution is 6.29. The summed E-state index contributed by atoms with van der Waals surface area (Å²) in [4.78, 5) is 14.4. The Morgan fingerprint density at radius 2 is 1.88 bits per heavy atom. The highest BCUT2D eigenvalue weighted by Gasteiger charge is 2.14. The summed E-state index contributed by atoms with van der Waals surface area (Å²) < 4.78 is 0. The minimum atomic E-state index is -0.433. The summed E-state index contributed by atoms with van der Waals surface area (Å²) in [6.45, 7) is 0. The van der Waals surface area contributed by atoms with E-state index in [1.165, 1.54) is 6.07 Å². The first kappa shape index (κ1) is 10.6. The minimum absolute atomic E-state index is 0.0252. The van der Waals surface area contributed by atoms with Gasteiger partial charge in [0.1, 0.15) is 5.15 Å². The van der Waals surface area contributed by atoms with Crippen LogP contribution in [0.15, 0.2) is 42.5 Å². The van der Waals surface area contributed by atoms with E-state index in [1.807, 2.05) is 0 Å². The van der Waals surface area contributed by atoms with E-state index < -0.39 is 4.92 Å². The molecule has 1 heterocycles. The lowest BCUT2D eigenvalue weighted by Crippen LogP contribution is -1.92. The zero-order valence-electron chi connectivity index (χ0n) is 8.13. The molecule has 0 saturated heterocycles. The van der Waals surface area contributed by atoms with E-state index in [2.05, 4.69) is 4.98 Å². The van der Waals surface area contributed by atoms with Crippen molar-refractivity contribution < 1.29 is 4.92 Å². The number of nitro groups is 1. The first-order chi connectivity index (χ1) is 7.68. The molecule has 80 valence electrons. The molecule has 16 heavy (non-hydrogen) atoms. The van der Waals surface area contributed by atoms with Gasteiger partial charge in [-0.1, -0.05) is 29.8 Å². The number of hydrogen-bond donors (Lipinski definition) is 0. The van der Waals surface area contributed by atoms with Gasteiger partial charge in [0.05, 0.1) is 16.2 Å². The first-order valence-corrected chi connectivity index (χ1v) is 4.92. The van der Waals surface area contributed by atoms with E-state index in [1.54, 1.807) is 36.4 Å². The Bertz CT molecular complexity index is 543. The van der Waals surface area contributed by atoms with E-state index in [9.17, 15) is 10.1 Å². The molecule has 0 aliphatic carbocycles. The molecule has 0 bridgehead atoms. The molecule has 1 aromatic carbocycles. The second-order valence-corrected chi connectivity index (χ2v) is 3.51. The average Bonchev–Trinajstić information content (AvgIpc) is 2.29. The summed E-state index contributed by atoms with van der Waals surface area (Å²) in [5.74, 6) is 0. The fraction of sp³-hybridized carbons (Fsp3) is 0. The molecule has 0 amide bonds. The monoisotopic (exact) mass is 234 g/mol. The zero-order chi connectivity index (χ0) is 11.5. The Kier molecular flexibility index (Phi) is 2.83. The Morgan fingerprint density at radius 3 is 2.56 bits per heavy atom. The third-order valence-electron chi connectivity index (χ3n) is 2.09. The largest absolute Gasteiger partial charge is 0.278 e. The lowest BCUT2D eigenvalue weighted by molar-refractivity contribution is -0.384. The SMILES string of the molecule is O=[N+]([O-])c1ccccc1-c1cccc(Cl)n1. The number of aromatic nitrogens is 1. The summed E-state index contributed by atoms with van der Waals surface area (Å²) in [7, 11) is 0. The third-order valence-corrected chi connectivity index (χ3v) is 2.30. The number of para-hydroxylation sites is 1. The van der Waals surface area contributed by atoms with E-state index in [0.717, 1.165) is 0 Å². The van der Waals surface area contributed by atoms with Gasteiger partial charge in [-0.25, -0.2) is 4.98 Å². The van der Waals surface area contributed by atoms with Gasteiger partial charge >= 0.3 is 0 Å². The predicted octanol–water partition coefficient (Wildman–Crippen LogP) is 3.31. The normalized spacial score (nSPS) is 10.1. The molecule has 0 spiro atoms. The molecule has 0 N–H and O–H groups in total. The number of halogens is 1. The maximum atomic E-state index is 10.8. The molecule has 4 nitrogen and oxygen atoms in total. The molecule has 0 aliphatic rings. The van der Waals surface area contributed by atoms with Crippen LogP contribution in [0.4, 0.5) is 5.69 Å². The van der Waals surface area contributed by atoms with Crippen molar-refractivity contribution >= 4 is 17.3 Å². The number of pyridine rings is 1. The average molecular weight is 235 g/mol. The second kappa shape index (κ2) is 4.28. The predicted molar refractivity (Wildman–Crippen MR) is 61.3 cm³/mol. The number of nitrogens with zero attached hydrogens (tertiary/aromatic N) is 2. The van der Waals surface area contributed by atoms with E-state index >= 15 is 0 Å². The van der Waals surface area contributed by atoms with Gasteiger partial charge in [0.2, 0.25) is 0 Å². The fourth-order valence-corrected chi connectivity index (χ4v) is 1.57. The summed E-state index contributed by atoms with van der Waals surface area (Å²) in [5.41, 5.74) is 0.993. The van der Waals surface area contributed by atoms with E-state index in [0.29, 0.717) is 16.4 Å². The van der Waals surface area contributed by atoms with Crippen molar-refractivity contribution in [1.29, 1.82) is 0 Å². The number of rotatable bonds is 2. The van der Waals surface area contributed by atoms with Crippen molar-refractivity contribution in [3.05, 3.63) is 57.7 Å². The Hall–Kier alpha value is -1.94. The molecule has 1 aromatic heterocycles. The molecule has 2 aromatic rings. The van der Waals surface area contributed by atoms with Crippen molar-refractivity contribution in [2.75, 3.05) is 0 Å². The van der Waals surface area contributed by atoms with Crippen LogP contribution in [-0.4, -0.2) is 9.91 Å². The molecule has 5 heteroatoms. The van der Waals surface area contributed by atoms with Gasteiger partial charge in [0.15, 0.2) is 0 Å². The molecule has 2 rings (SSSR count). The molecule has 0 radical (unpaired) electrons. The highest BCUT2D eigenvalue weighted by atomic mass is 35.5. The van der Waals surface area contributed by atoms with Gasteiger partial charge in [-0.2, -0.15) is 0 Å². The van der Waals surface area contributed by atoms with Gasteiger partial charge < -0.3 is 0 Å². The van der Waals surface area contributed by atoms with Crippen LogP contribution < -0.4 is 0 Å².